The van der Waals surface area contributed by atoms with Crippen molar-refractivity contribution in [2.24, 2.45) is 5.92 Å². The number of carbonyl (C=O) groups is 1. The summed E-state index contributed by atoms with van der Waals surface area (Å²) in [5, 5.41) is 3.35. The Morgan fingerprint density at radius 2 is 1.79 bits per heavy atom. The Labute approximate surface area is 171 Å². The van der Waals surface area contributed by atoms with Gasteiger partial charge in [0.2, 0.25) is 15.9 Å². The third kappa shape index (κ3) is 4.40. The van der Waals surface area contributed by atoms with Crippen molar-refractivity contribution in [3.63, 3.8) is 0 Å². The topological polar surface area (TPSA) is 66.5 Å². The molecule has 150 valence electrons. The lowest BCUT2D eigenvalue weighted by Crippen LogP contribution is -2.43. The van der Waals surface area contributed by atoms with Crippen LogP contribution in [-0.4, -0.2) is 31.7 Å². The molecule has 1 aliphatic rings. The Bertz CT molecular complexity index is 1000. The largest absolute Gasteiger partial charge is 0.326 e. The zero-order chi connectivity index (χ0) is 20.5. The number of rotatable bonds is 4. The first-order valence-corrected chi connectivity index (χ1v) is 11.1. The minimum atomic E-state index is -3.68. The fourth-order valence-electron chi connectivity index (χ4n) is 3.32. The molecule has 0 bridgehead atoms. The number of amides is 1. The normalized spacial score (nSPS) is 18.1. The number of sulfonamides is 1. The van der Waals surface area contributed by atoms with Gasteiger partial charge >= 0.3 is 0 Å². The number of aryl methyl sites for hydroxylation is 3. The molecule has 1 N–H and O–H groups in total. The van der Waals surface area contributed by atoms with Gasteiger partial charge in [0.1, 0.15) is 0 Å². The van der Waals surface area contributed by atoms with E-state index >= 15 is 0 Å². The molecule has 1 saturated heterocycles. The lowest BCUT2D eigenvalue weighted by Gasteiger charge is -2.31. The molecular weight excluding hydrogens is 396 g/mol. The van der Waals surface area contributed by atoms with Gasteiger partial charge in [-0.3, -0.25) is 4.79 Å². The first kappa shape index (κ1) is 20.8. The second-order valence-electron chi connectivity index (χ2n) is 7.40. The van der Waals surface area contributed by atoms with Gasteiger partial charge in [0.25, 0.3) is 0 Å². The monoisotopic (exact) mass is 420 g/mol. The van der Waals surface area contributed by atoms with Crippen LogP contribution in [-0.2, 0) is 14.8 Å². The first-order chi connectivity index (χ1) is 13.2. The van der Waals surface area contributed by atoms with Gasteiger partial charge in [-0.25, -0.2) is 8.42 Å². The van der Waals surface area contributed by atoms with Crippen molar-refractivity contribution in [3.05, 3.63) is 58.1 Å². The SMILES string of the molecule is Cc1ccc(NC(=O)C2CCCN(S(=O)(=O)c3ccc(C)c(Cl)c3)C2)cc1C. The van der Waals surface area contributed by atoms with Crippen LogP contribution >= 0.6 is 11.6 Å². The Morgan fingerprint density at radius 1 is 1.07 bits per heavy atom. The summed E-state index contributed by atoms with van der Waals surface area (Å²) in [6.07, 6.45) is 1.31. The summed E-state index contributed by atoms with van der Waals surface area (Å²) in [7, 11) is -3.68. The molecule has 1 fully saturated rings. The highest BCUT2D eigenvalue weighted by molar-refractivity contribution is 7.89. The molecule has 0 spiro atoms. The highest BCUT2D eigenvalue weighted by Gasteiger charge is 2.33. The first-order valence-electron chi connectivity index (χ1n) is 9.33. The van der Waals surface area contributed by atoms with Crippen molar-refractivity contribution in [1.29, 1.82) is 0 Å². The van der Waals surface area contributed by atoms with E-state index in [1.165, 1.54) is 10.4 Å². The number of hydrogen-bond acceptors (Lipinski definition) is 3. The van der Waals surface area contributed by atoms with Crippen LogP contribution in [0.3, 0.4) is 0 Å². The molecule has 1 heterocycles. The summed E-state index contributed by atoms with van der Waals surface area (Å²) in [6, 6.07) is 10.5. The Kier molecular flexibility index (Phi) is 6.12. The highest BCUT2D eigenvalue weighted by Crippen LogP contribution is 2.27. The lowest BCUT2D eigenvalue weighted by atomic mass is 9.98. The Morgan fingerprint density at radius 3 is 2.46 bits per heavy atom. The second-order valence-corrected chi connectivity index (χ2v) is 9.75. The molecule has 1 unspecified atom stereocenters. The van der Waals surface area contributed by atoms with Gasteiger partial charge in [-0.05, 0) is 74.6 Å². The van der Waals surface area contributed by atoms with E-state index in [1.54, 1.807) is 12.1 Å². The minimum Gasteiger partial charge on any atom is -0.326 e. The molecule has 1 atom stereocenters. The van der Waals surface area contributed by atoms with Crippen molar-refractivity contribution < 1.29 is 13.2 Å². The van der Waals surface area contributed by atoms with E-state index in [9.17, 15) is 13.2 Å². The summed E-state index contributed by atoms with van der Waals surface area (Å²) in [5.74, 6) is -0.531. The Hall–Kier alpha value is -1.89. The van der Waals surface area contributed by atoms with E-state index in [0.29, 0.717) is 24.4 Å². The zero-order valence-electron chi connectivity index (χ0n) is 16.3. The fourth-order valence-corrected chi connectivity index (χ4v) is 5.12. The van der Waals surface area contributed by atoms with E-state index in [0.717, 1.165) is 22.4 Å². The Balaban J connectivity index is 1.74. The van der Waals surface area contributed by atoms with Crippen LogP contribution in [0.15, 0.2) is 41.3 Å². The van der Waals surface area contributed by atoms with Crippen LogP contribution in [0.2, 0.25) is 5.02 Å². The van der Waals surface area contributed by atoms with Gasteiger partial charge in [0.15, 0.2) is 0 Å². The standard InChI is InChI=1S/C21H25ClN2O3S/c1-14-6-8-18(11-16(14)3)23-21(25)17-5-4-10-24(13-17)28(26,27)19-9-7-15(2)20(22)12-19/h6-9,11-12,17H,4-5,10,13H2,1-3H3,(H,23,25). The molecule has 0 aromatic heterocycles. The zero-order valence-corrected chi connectivity index (χ0v) is 17.9. The number of piperidine rings is 1. The number of halogens is 1. The van der Waals surface area contributed by atoms with Crippen molar-refractivity contribution >= 4 is 33.2 Å². The third-order valence-electron chi connectivity index (χ3n) is 5.31. The van der Waals surface area contributed by atoms with Crippen molar-refractivity contribution in [1.82, 2.24) is 4.31 Å². The van der Waals surface area contributed by atoms with Crippen molar-refractivity contribution in [3.8, 4) is 0 Å². The van der Waals surface area contributed by atoms with Gasteiger partial charge in [-0.1, -0.05) is 23.7 Å². The maximum absolute atomic E-state index is 13.0. The average molecular weight is 421 g/mol. The maximum Gasteiger partial charge on any atom is 0.243 e. The number of nitrogens with zero attached hydrogens (tertiary/aromatic N) is 1. The molecule has 28 heavy (non-hydrogen) atoms. The molecule has 3 rings (SSSR count). The molecule has 0 radical (unpaired) electrons. The van der Waals surface area contributed by atoms with E-state index in [2.05, 4.69) is 5.32 Å². The molecular formula is C21H25ClN2O3S. The molecule has 1 aliphatic heterocycles. The van der Waals surface area contributed by atoms with Crippen LogP contribution in [0.25, 0.3) is 0 Å². The summed E-state index contributed by atoms with van der Waals surface area (Å²) in [4.78, 5) is 12.9. The van der Waals surface area contributed by atoms with Crippen LogP contribution in [0.1, 0.15) is 29.5 Å². The van der Waals surface area contributed by atoms with E-state index in [1.807, 2.05) is 39.0 Å². The average Bonchev–Trinajstić information content (AvgIpc) is 2.67. The maximum atomic E-state index is 13.0. The number of hydrogen-bond donors (Lipinski definition) is 1. The number of benzene rings is 2. The molecule has 5 nitrogen and oxygen atoms in total. The molecule has 7 heteroatoms. The molecule has 0 saturated carbocycles. The molecule has 1 amide bonds. The van der Waals surface area contributed by atoms with Gasteiger partial charge in [-0.15, -0.1) is 0 Å². The van der Waals surface area contributed by atoms with Crippen molar-refractivity contribution in [2.75, 3.05) is 18.4 Å². The molecule has 2 aromatic rings. The summed E-state index contributed by atoms with van der Waals surface area (Å²) in [5.41, 5.74) is 3.81. The van der Waals surface area contributed by atoms with Gasteiger partial charge in [-0.2, -0.15) is 4.31 Å². The molecule has 0 aliphatic carbocycles. The summed E-state index contributed by atoms with van der Waals surface area (Å²) in [6.45, 7) is 6.41. The number of anilines is 1. The lowest BCUT2D eigenvalue weighted by molar-refractivity contribution is -0.120. The van der Waals surface area contributed by atoms with Crippen LogP contribution in [0, 0.1) is 26.7 Å². The predicted molar refractivity (Wildman–Crippen MR) is 112 cm³/mol. The predicted octanol–water partition coefficient (Wildman–Crippen LogP) is 4.30. The fraction of sp³-hybridized carbons (Fsp3) is 0.381. The number of carbonyl (C=O) groups excluding carboxylic acids is 1. The smallest absolute Gasteiger partial charge is 0.243 e. The summed E-state index contributed by atoms with van der Waals surface area (Å²) < 4.78 is 27.4. The van der Waals surface area contributed by atoms with Crippen molar-refractivity contribution in [2.45, 2.75) is 38.5 Å². The quantitative estimate of drug-likeness (QED) is 0.801. The highest BCUT2D eigenvalue weighted by atomic mass is 35.5. The van der Waals surface area contributed by atoms with E-state index in [4.69, 9.17) is 11.6 Å². The van der Waals surface area contributed by atoms with Gasteiger partial charge < -0.3 is 5.32 Å². The third-order valence-corrected chi connectivity index (χ3v) is 7.58. The van der Waals surface area contributed by atoms with Gasteiger partial charge in [0.05, 0.1) is 10.8 Å². The molecule has 2 aromatic carbocycles. The van der Waals surface area contributed by atoms with E-state index < -0.39 is 10.0 Å². The summed E-state index contributed by atoms with van der Waals surface area (Å²) >= 11 is 6.10. The van der Waals surface area contributed by atoms with Gasteiger partial charge in [0, 0.05) is 23.8 Å². The number of nitrogens with one attached hydrogen (secondary N) is 1. The van der Waals surface area contributed by atoms with E-state index in [-0.39, 0.29) is 23.3 Å². The van der Waals surface area contributed by atoms with Crippen LogP contribution < -0.4 is 5.32 Å². The minimum absolute atomic E-state index is 0.148. The second kappa shape index (κ2) is 8.23. The van der Waals surface area contributed by atoms with Crippen LogP contribution in [0.5, 0.6) is 0 Å². The van der Waals surface area contributed by atoms with Crippen LogP contribution in [0.4, 0.5) is 5.69 Å².